The molecule has 0 saturated carbocycles. The molecule has 1 aromatic rings. The molecule has 0 atom stereocenters. The molecular formula is C13H16BrFOS. The number of hydrogen-bond donors (Lipinski definition) is 0. The summed E-state index contributed by atoms with van der Waals surface area (Å²) < 4.78 is 14.2. The van der Waals surface area contributed by atoms with Gasteiger partial charge in [-0.15, -0.1) is 11.8 Å². The van der Waals surface area contributed by atoms with Crippen molar-refractivity contribution in [2.75, 3.05) is 5.75 Å². The molecule has 0 radical (unpaired) electrons. The zero-order chi connectivity index (χ0) is 13.1. The third-order valence-corrected chi connectivity index (χ3v) is 3.89. The second kappa shape index (κ2) is 6.01. The average molecular weight is 319 g/mol. The lowest BCUT2D eigenvalue weighted by atomic mass is 10.1. The standard InChI is InChI=1S/C13H16BrFOS/c1-13(2,3)17-8-11(16)6-9-4-5-10(14)7-12(9)15/h4-5,7H,6,8H2,1-3H3. The number of thioether (sulfide) groups is 1. The number of rotatable bonds is 4. The molecular weight excluding hydrogens is 303 g/mol. The van der Waals surface area contributed by atoms with Gasteiger partial charge in [-0.2, -0.15) is 0 Å². The quantitative estimate of drug-likeness (QED) is 0.826. The largest absolute Gasteiger partial charge is 0.298 e. The highest BCUT2D eigenvalue weighted by atomic mass is 79.9. The molecule has 4 heteroatoms. The molecule has 0 aliphatic carbocycles. The minimum Gasteiger partial charge on any atom is -0.298 e. The summed E-state index contributed by atoms with van der Waals surface area (Å²) in [4.78, 5) is 11.7. The molecule has 0 aliphatic rings. The number of carbonyl (C=O) groups is 1. The first-order valence-corrected chi connectivity index (χ1v) is 7.15. The third-order valence-electron chi connectivity index (χ3n) is 2.07. The van der Waals surface area contributed by atoms with E-state index in [-0.39, 0.29) is 22.8 Å². The lowest BCUT2D eigenvalue weighted by Crippen LogP contribution is -2.14. The van der Waals surface area contributed by atoms with Crippen LogP contribution in [-0.2, 0) is 11.2 Å². The molecule has 94 valence electrons. The number of Topliss-reactive ketones (excluding diaryl/α,β-unsaturated/α-hetero) is 1. The van der Waals surface area contributed by atoms with E-state index in [0.29, 0.717) is 15.8 Å². The fourth-order valence-corrected chi connectivity index (χ4v) is 2.25. The van der Waals surface area contributed by atoms with Crippen LogP contribution in [0.1, 0.15) is 26.3 Å². The predicted molar refractivity (Wildman–Crippen MR) is 75.0 cm³/mol. The first-order chi connectivity index (χ1) is 7.78. The molecule has 0 unspecified atom stereocenters. The topological polar surface area (TPSA) is 17.1 Å². The van der Waals surface area contributed by atoms with Gasteiger partial charge in [-0.3, -0.25) is 4.79 Å². The zero-order valence-corrected chi connectivity index (χ0v) is 12.6. The highest BCUT2D eigenvalue weighted by molar-refractivity contribution is 9.10. The normalized spacial score (nSPS) is 11.6. The Labute approximate surface area is 114 Å². The van der Waals surface area contributed by atoms with E-state index in [4.69, 9.17) is 0 Å². The van der Waals surface area contributed by atoms with E-state index in [2.05, 4.69) is 36.7 Å². The van der Waals surface area contributed by atoms with E-state index in [1.807, 2.05) is 0 Å². The summed E-state index contributed by atoms with van der Waals surface area (Å²) in [7, 11) is 0. The monoisotopic (exact) mass is 318 g/mol. The minimum absolute atomic E-state index is 0.0612. The van der Waals surface area contributed by atoms with Gasteiger partial charge in [0.1, 0.15) is 11.6 Å². The maximum Gasteiger partial charge on any atom is 0.147 e. The smallest absolute Gasteiger partial charge is 0.147 e. The Kier molecular flexibility index (Phi) is 5.20. The molecule has 1 rings (SSSR count). The summed E-state index contributed by atoms with van der Waals surface area (Å²) >= 11 is 4.78. The Morgan fingerprint density at radius 3 is 2.59 bits per heavy atom. The van der Waals surface area contributed by atoms with Gasteiger partial charge in [-0.05, 0) is 17.7 Å². The van der Waals surface area contributed by atoms with Gasteiger partial charge < -0.3 is 0 Å². The summed E-state index contributed by atoms with van der Waals surface area (Å²) in [6, 6.07) is 4.79. The first kappa shape index (κ1) is 14.7. The van der Waals surface area contributed by atoms with E-state index in [9.17, 15) is 9.18 Å². The van der Waals surface area contributed by atoms with Crippen LogP contribution in [0, 0.1) is 5.82 Å². The van der Waals surface area contributed by atoms with Gasteiger partial charge in [0.25, 0.3) is 0 Å². The molecule has 1 nitrogen and oxygen atoms in total. The van der Waals surface area contributed by atoms with Crippen molar-refractivity contribution in [3.8, 4) is 0 Å². The van der Waals surface area contributed by atoms with Crippen LogP contribution in [0.25, 0.3) is 0 Å². The Morgan fingerprint density at radius 2 is 2.06 bits per heavy atom. The zero-order valence-electron chi connectivity index (χ0n) is 10.2. The number of benzene rings is 1. The molecule has 0 N–H and O–H groups in total. The third kappa shape index (κ3) is 5.68. The highest BCUT2D eigenvalue weighted by Crippen LogP contribution is 2.23. The fourth-order valence-electron chi connectivity index (χ4n) is 1.23. The lowest BCUT2D eigenvalue weighted by Gasteiger charge is -2.16. The molecule has 0 saturated heterocycles. The van der Waals surface area contributed by atoms with Crippen molar-refractivity contribution < 1.29 is 9.18 Å². The van der Waals surface area contributed by atoms with Gasteiger partial charge in [0, 0.05) is 15.6 Å². The first-order valence-electron chi connectivity index (χ1n) is 5.37. The summed E-state index contributed by atoms with van der Waals surface area (Å²) in [5.74, 6) is 0.165. The van der Waals surface area contributed by atoms with Crippen LogP contribution in [0.4, 0.5) is 4.39 Å². The van der Waals surface area contributed by atoms with Crippen molar-refractivity contribution in [3.05, 3.63) is 34.1 Å². The summed E-state index contributed by atoms with van der Waals surface area (Å²) in [6.07, 6.45) is 0.169. The lowest BCUT2D eigenvalue weighted by molar-refractivity contribution is -0.116. The van der Waals surface area contributed by atoms with E-state index in [1.54, 1.807) is 23.9 Å². The van der Waals surface area contributed by atoms with Crippen LogP contribution in [0.15, 0.2) is 22.7 Å². The van der Waals surface area contributed by atoms with Crippen LogP contribution in [-0.4, -0.2) is 16.3 Å². The molecule has 0 aromatic heterocycles. The van der Waals surface area contributed by atoms with E-state index in [0.717, 1.165) is 0 Å². The van der Waals surface area contributed by atoms with Crippen LogP contribution in [0.2, 0.25) is 0 Å². The predicted octanol–water partition coefficient (Wildman–Crippen LogP) is 4.23. The highest BCUT2D eigenvalue weighted by Gasteiger charge is 2.14. The maximum absolute atomic E-state index is 13.5. The Hall–Kier alpha value is -0.350. The molecule has 0 amide bonds. The summed E-state index contributed by atoms with van der Waals surface area (Å²) in [5.41, 5.74) is 0.465. The van der Waals surface area contributed by atoms with Gasteiger partial charge in [0.05, 0.1) is 5.75 Å². The van der Waals surface area contributed by atoms with Crippen molar-refractivity contribution >= 4 is 33.5 Å². The molecule has 0 aliphatic heterocycles. The number of halogens is 2. The Bertz CT molecular complexity index is 412. The van der Waals surface area contributed by atoms with Crippen molar-refractivity contribution in [1.82, 2.24) is 0 Å². The van der Waals surface area contributed by atoms with Gasteiger partial charge in [-0.25, -0.2) is 4.39 Å². The average Bonchev–Trinajstić information content (AvgIpc) is 2.18. The number of hydrogen-bond acceptors (Lipinski definition) is 2. The van der Waals surface area contributed by atoms with Crippen molar-refractivity contribution in [3.63, 3.8) is 0 Å². The molecule has 0 bridgehead atoms. The Balaban J connectivity index is 2.57. The Morgan fingerprint density at radius 1 is 1.41 bits per heavy atom. The van der Waals surface area contributed by atoms with Gasteiger partial charge in [0.15, 0.2) is 0 Å². The number of ketones is 1. The molecule has 0 fully saturated rings. The number of carbonyl (C=O) groups excluding carboxylic acids is 1. The van der Waals surface area contributed by atoms with E-state index < -0.39 is 0 Å². The van der Waals surface area contributed by atoms with Gasteiger partial charge in [-0.1, -0.05) is 42.8 Å². The van der Waals surface area contributed by atoms with E-state index in [1.165, 1.54) is 6.07 Å². The van der Waals surface area contributed by atoms with E-state index >= 15 is 0 Å². The minimum atomic E-state index is -0.325. The van der Waals surface area contributed by atoms with Crippen LogP contribution >= 0.6 is 27.7 Å². The molecule has 0 spiro atoms. The van der Waals surface area contributed by atoms with Gasteiger partial charge >= 0.3 is 0 Å². The summed E-state index contributed by atoms with van der Waals surface area (Å²) in [5, 5.41) is 0. The van der Waals surface area contributed by atoms with Crippen LogP contribution in [0.3, 0.4) is 0 Å². The van der Waals surface area contributed by atoms with Crippen molar-refractivity contribution in [2.24, 2.45) is 0 Å². The van der Waals surface area contributed by atoms with Crippen molar-refractivity contribution in [2.45, 2.75) is 31.9 Å². The SMILES string of the molecule is CC(C)(C)SCC(=O)Cc1ccc(Br)cc1F. The summed E-state index contributed by atoms with van der Waals surface area (Å²) in [6.45, 7) is 6.18. The fraction of sp³-hybridized carbons (Fsp3) is 0.462. The second-order valence-corrected chi connectivity index (χ2v) is 7.57. The van der Waals surface area contributed by atoms with Crippen molar-refractivity contribution in [1.29, 1.82) is 0 Å². The second-order valence-electron chi connectivity index (χ2n) is 4.85. The van der Waals surface area contributed by atoms with Crippen LogP contribution in [0.5, 0.6) is 0 Å². The maximum atomic E-state index is 13.5. The van der Waals surface area contributed by atoms with Gasteiger partial charge in [0.2, 0.25) is 0 Å². The molecule has 1 aromatic carbocycles. The molecule has 0 heterocycles. The molecule has 17 heavy (non-hydrogen) atoms. The van der Waals surface area contributed by atoms with Crippen LogP contribution < -0.4 is 0 Å².